The van der Waals surface area contributed by atoms with Gasteiger partial charge in [-0.25, -0.2) is 0 Å². The molecule has 5 heteroatoms. The Morgan fingerprint density at radius 1 is 1.48 bits per heavy atom. The first-order valence-corrected chi connectivity index (χ1v) is 9.13. The molecule has 1 fully saturated rings. The van der Waals surface area contributed by atoms with Crippen LogP contribution in [0.1, 0.15) is 59.8 Å². The molecule has 144 valence electrons. The summed E-state index contributed by atoms with van der Waals surface area (Å²) in [5, 5.41) is 29.1. The van der Waals surface area contributed by atoms with Gasteiger partial charge in [0.25, 0.3) is 0 Å². The van der Waals surface area contributed by atoms with Crippen molar-refractivity contribution in [1.29, 1.82) is 0 Å². The van der Waals surface area contributed by atoms with Gasteiger partial charge in [-0.15, -0.1) is 0 Å². The lowest BCUT2D eigenvalue weighted by Crippen LogP contribution is -2.41. The number of carbonyl (C=O) groups is 1. The van der Waals surface area contributed by atoms with Crippen molar-refractivity contribution in [2.45, 2.75) is 77.1 Å². The third kappa shape index (κ3) is 7.82. The average Bonchev–Trinajstić information content (AvgIpc) is 2.66. The molecule has 1 heterocycles. The normalized spacial score (nSPS) is 28.3. The third-order valence-corrected chi connectivity index (χ3v) is 4.86. The van der Waals surface area contributed by atoms with Crippen LogP contribution in [0.2, 0.25) is 0 Å². The number of aliphatic hydroxyl groups excluding tert-OH is 2. The van der Waals surface area contributed by atoms with E-state index < -0.39 is 17.3 Å². The molecule has 1 aliphatic heterocycles. The maximum Gasteiger partial charge on any atom is 0.158 e. The number of ketones is 1. The minimum absolute atomic E-state index is 0.00257. The molecule has 0 aromatic rings. The van der Waals surface area contributed by atoms with Crippen molar-refractivity contribution in [3.8, 4) is 0 Å². The topological polar surface area (TPSA) is 87.0 Å². The van der Waals surface area contributed by atoms with E-state index in [1.54, 1.807) is 19.9 Å². The SMILES string of the molecule is CC(CCCC1(C)OCC(=CCO)CCC1O)C(=O)C=CC(C)(C)O. The summed E-state index contributed by atoms with van der Waals surface area (Å²) in [6.45, 7) is 7.48. The predicted molar refractivity (Wildman–Crippen MR) is 98.2 cm³/mol. The van der Waals surface area contributed by atoms with Gasteiger partial charge in [-0.05, 0) is 64.5 Å². The molecule has 3 atom stereocenters. The Hall–Kier alpha value is -1.01. The van der Waals surface area contributed by atoms with Crippen molar-refractivity contribution in [3.05, 3.63) is 23.8 Å². The average molecular weight is 354 g/mol. The van der Waals surface area contributed by atoms with E-state index >= 15 is 0 Å². The molecule has 1 rings (SSSR count). The lowest BCUT2D eigenvalue weighted by Gasteiger charge is -2.33. The monoisotopic (exact) mass is 354 g/mol. The molecule has 0 bridgehead atoms. The van der Waals surface area contributed by atoms with Crippen molar-refractivity contribution in [1.82, 2.24) is 0 Å². The number of rotatable bonds is 8. The van der Waals surface area contributed by atoms with Crippen LogP contribution in [0.5, 0.6) is 0 Å². The lowest BCUT2D eigenvalue weighted by atomic mass is 9.87. The van der Waals surface area contributed by atoms with Crippen molar-refractivity contribution in [2.24, 2.45) is 5.92 Å². The zero-order valence-electron chi connectivity index (χ0n) is 16.0. The van der Waals surface area contributed by atoms with Gasteiger partial charge < -0.3 is 20.1 Å². The van der Waals surface area contributed by atoms with Crippen LogP contribution in [-0.4, -0.2) is 51.6 Å². The molecule has 0 amide bonds. The highest BCUT2D eigenvalue weighted by atomic mass is 16.5. The number of allylic oxidation sites excluding steroid dienone is 1. The molecule has 25 heavy (non-hydrogen) atoms. The second kappa shape index (κ2) is 9.62. The van der Waals surface area contributed by atoms with Crippen molar-refractivity contribution in [3.63, 3.8) is 0 Å². The van der Waals surface area contributed by atoms with Crippen LogP contribution in [0.15, 0.2) is 23.8 Å². The van der Waals surface area contributed by atoms with Crippen LogP contribution in [0.25, 0.3) is 0 Å². The first kappa shape index (κ1) is 22.0. The minimum Gasteiger partial charge on any atom is -0.392 e. The van der Waals surface area contributed by atoms with Gasteiger partial charge in [-0.3, -0.25) is 4.79 Å². The van der Waals surface area contributed by atoms with E-state index in [-0.39, 0.29) is 18.3 Å². The number of ether oxygens (including phenoxy) is 1. The van der Waals surface area contributed by atoms with Gasteiger partial charge in [-0.1, -0.05) is 19.1 Å². The van der Waals surface area contributed by atoms with Crippen molar-refractivity contribution in [2.75, 3.05) is 13.2 Å². The highest BCUT2D eigenvalue weighted by Gasteiger charge is 2.36. The largest absolute Gasteiger partial charge is 0.392 e. The maximum absolute atomic E-state index is 12.1. The predicted octanol–water partition coefficient (Wildman–Crippen LogP) is 2.54. The Balaban J connectivity index is 2.51. The Labute approximate surface area is 151 Å². The van der Waals surface area contributed by atoms with Gasteiger partial charge in [0.05, 0.1) is 30.5 Å². The molecule has 0 saturated carbocycles. The summed E-state index contributed by atoms with van der Waals surface area (Å²) in [5.41, 5.74) is -0.594. The quantitative estimate of drug-likeness (QED) is 0.461. The highest BCUT2D eigenvalue weighted by molar-refractivity contribution is 5.91. The summed E-state index contributed by atoms with van der Waals surface area (Å²) in [6.07, 6.45) is 7.66. The van der Waals surface area contributed by atoms with E-state index in [1.165, 1.54) is 12.2 Å². The molecule has 0 aromatic heterocycles. The molecule has 1 aliphatic rings. The summed E-state index contributed by atoms with van der Waals surface area (Å²) in [6, 6.07) is 0. The van der Waals surface area contributed by atoms with Crippen LogP contribution in [-0.2, 0) is 9.53 Å². The molecule has 0 aromatic carbocycles. The number of aliphatic hydroxyl groups is 3. The number of hydrogen-bond donors (Lipinski definition) is 3. The van der Waals surface area contributed by atoms with E-state index in [4.69, 9.17) is 9.84 Å². The highest BCUT2D eigenvalue weighted by Crippen LogP contribution is 2.31. The van der Waals surface area contributed by atoms with Crippen LogP contribution < -0.4 is 0 Å². The molecule has 0 radical (unpaired) electrons. The molecular formula is C20H34O5. The van der Waals surface area contributed by atoms with Gasteiger partial charge in [-0.2, -0.15) is 0 Å². The van der Waals surface area contributed by atoms with Gasteiger partial charge >= 0.3 is 0 Å². The van der Waals surface area contributed by atoms with Crippen LogP contribution in [0.3, 0.4) is 0 Å². The van der Waals surface area contributed by atoms with Gasteiger partial charge in [0.15, 0.2) is 5.78 Å². The zero-order valence-corrected chi connectivity index (χ0v) is 16.0. The second-order valence-electron chi connectivity index (χ2n) is 7.88. The lowest BCUT2D eigenvalue weighted by molar-refractivity contribution is -0.118. The molecule has 5 nitrogen and oxygen atoms in total. The first-order chi connectivity index (χ1) is 11.6. The van der Waals surface area contributed by atoms with Gasteiger partial charge in [0, 0.05) is 5.92 Å². The molecule has 0 spiro atoms. The molecule has 1 saturated heterocycles. The van der Waals surface area contributed by atoms with E-state index in [2.05, 4.69) is 0 Å². The summed E-state index contributed by atoms with van der Waals surface area (Å²) in [4.78, 5) is 12.1. The molecular weight excluding hydrogens is 320 g/mol. The number of carbonyl (C=O) groups excluding carboxylic acids is 1. The second-order valence-corrected chi connectivity index (χ2v) is 7.88. The fourth-order valence-corrected chi connectivity index (χ4v) is 2.93. The van der Waals surface area contributed by atoms with Crippen LogP contribution in [0.4, 0.5) is 0 Å². The molecule has 3 N–H and O–H groups in total. The maximum atomic E-state index is 12.1. The third-order valence-electron chi connectivity index (χ3n) is 4.86. The van der Waals surface area contributed by atoms with Crippen molar-refractivity contribution < 1.29 is 24.9 Å². The van der Waals surface area contributed by atoms with Crippen molar-refractivity contribution >= 4 is 5.78 Å². The van der Waals surface area contributed by atoms with E-state index in [0.717, 1.165) is 18.4 Å². The fourth-order valence-electron chi connectivity index (χ4n) is 2.93. The summed E-state index contributed by atoms with van der Waals surface area (Å²) < 4.78 is 5.94. The van der Waals surface area contributed by atoms with E-state index in [1.807, 2.05) is 13.8 Å². The van der Waals surface area contributed by atoms with Gasteiger partial charge in [0.1, 0.15) is 0 Å². The molecule has 3 unspecified atom stereocenters. The summed E-state index contributed by atoms with van der Waals surface area (Å²) >= 11 is 0. The Morgan fingerprint density at radius 2 is 2.16 bits per heavy atom. The van der Waals surface area contributed by atoms with Crippen LogP contribution in [0, 0.1) is 5.92 Å². The zero-order chi connectivity index (χ0) is 19.1. The minimum atomic E-state index is -0.985. The standard InChI is InChI=1S/C20H34O5/c1-15(17(22)9-12-19(2,3)24)6-5-11-20(4)18(23)8-7-16(10-13-21)14-25-20/h9-10,12,15,18,21,23-24H,5-8,11,13-14H2,1-4H3. The summed E-state index contributed by atoms with van der Waals surface area (Å²) in [7, 11) is 0. The van der Waals surface area contributed by atoms with Crippen LogP contribution >= 0.6 is 0 Å². The summed E-state index contributed by atoms with van der Waals surface area (Å²) in [5.74, 6) is -0.127. The Morgan fingerprint density at radius 3 is 2.76 bits per heavy atom. The Bertz CT molecular complexity index is 489. The van der Waals surface area contributed by atoms with E-state index in [0.29, 0.717) is 25.9 Å². The fraction of sp³-hybridized carbons (Fsp3) is 0.750. The number of hydrogen-bond acceptors (Lipinski definition) is 5. The molecule has 0 aliphatic carbocycles. The van der Waals surface area contributed by atoms with Gasteiger partial charge in [0.2, 0.25) is 0 Å². The Kier molecular flexibility index (Phi) is 8.48. The smallest absolute Gasteiger partial charge is 0.158 e. The first-order valence-electron chi connectivity index (χ1n) is 9.13. The van der Waals surface area contributed by atoms with E-state index in [9.17, 15) is 15.0 Å².